The first-order valence-electron chi connectivity index (χ1n) is 26.6. The number of urea groups is 1. The van der Waals surface area contributed by atoms with Gasteiger partial charge in [-0.3, -0.25) is 0 Å². The highest BCUT2D eigenvalue weighted by atomic mass is 35.5. The van der Waals surface area contributed by atoms with Crippen molar-refractivity contribution in [3.8, 4) is 11.5 Å². The molecule has 6 aromatic carbocycles. The molecule has 2 amide bonds. The number of phenols is 1. The van der Waals surface area contributed by atoms with Gasteiger partial charge in [0.1, 0.15) is 11.5 Å². The Bertz CT molecular complexity index is 2950. The zero-order valence-electron chi connectivity index (χ0n) is 44.7. The van der Waals surface area contributed by atoms with Crippen molar-refractivity contribution in [2.24, 2.45) is 4.99 Å². The minimum atomic E-state index is -0.0516. The van der Waals surface area contributed by atoms with Crippen molar-refractivity contribution in [1.29, 1.82) is 0 Å². The number of carbonyl (C=O) groups excluding carboxylic acids is 2. The molecule has 0 radical (unpaired) electrons. The van der Waals surface area contributed by atoms with Crippen molar-refractivity contribution in [2.75, 3.05) is 34.3 Å². The third kappa shape index (κ3) is 13.4. The number of aliphatic imine (C=N–C) groups is 1. The van der Waals surface area contributed by atoms with Gasteiger partial charge in [-0.05, 0) is 171 Å². The fourth-order valence-corrected chi connectivity index (χ4v) is 12.2. The summed E-state index contributed by atoms with van der Waals surface area (Å²) in [4.78, 5) is 32.8. The molecule has 4 aliphatic rings. The molecule has 12 heteroatoms. The Labute approximate surface area is 455 Å². The van der Waals surface area contributed by atoms with Gasteiger partial charge in [0.2, 0.25) is 6.08 Å². The lowest BCUT2D eigenvalue weighted by Crippen LogP contribution is -2.43. The van der Waals surface area contributed by atoms with E-state index in [9.17, 15) is 14.7 Å². The number of likely N-dealkylation sites (N-methyl/N-ethyl adjacent to an activating group) is 2. The van der Waals surface area contributed by atoms with Crippen LogP contribution in [-0.2, 0) is 56.7 Å². The summed E-state index contributed by atoms with van der Waals surface area (Å²) in [5, 5.41) is 18.4. The van der Waals surface area contributed by atoms with E-state index in [1.54, 1.807) is 7.11 Å². The van der Waals surface area contributed by atoms with Crippen LogP contribution < -0.4 is 15.4 Å². The first-order valence-corrected chi connectivity index (χ1v) is 27.4. The van der Waals surface area contributed by atoms with E-state index in [4.69, 9.17) is 27.9 Å². The van der Waals surface area contributed by atoms with Crippen molar-refractivity contribution < 1.29 is 19.4 Å². The maximum atomic E-state index is 13.2. The van der Waals surface area contributed by atoms with Gasteiger partial charge in [-0.1, -0.05) is 120 Å². The van der Waals surface area contributed by atoms with Crippen LogP contribution in [0.5, 0.6) is 11.5 Å². The number of fused-ring (bicyclic) bond motifs is 10. The molecule has 0 unspecified atom stereocenters. The zero-order chi connectivity index (χ0) is 53.2. The lowest BCUT2D eigenvalue weighted by molar-refractivity contribution is 0.189. The maximum absolute atomic E-state index is 13.2. The summed E-state index contributed by atoms with van der Waals surface area (Å²) in [6.45, 7) is 12.5. The predicted octanol–water partition coefficient (Wildman–Crippen LogP) is 12.4. The molecule has 6 aromatic rings. The lowest BCUT2D eigenvalue weighted by atomic mass is 9.73. The van der Waals surface area contributed by atoms with Crippen LogP contribution in [0.3, 0.4) is 0 Å². The quantitative estimate of drug-likeness (QED) is 0.0876. The predicted molar refractivity (Wildman–Crippen MR) is 304 cm³/mol. The van der Waals surface area contributed by atoms with Crippen molar-refractivity contribution in [3.05, 3.63) is 198 Å². The molecule has 2 heterocycles. The first kappa shape index (κ1) is 55.3. The SMILES string of the molecule is CC(C)N=C=O.CC(C)NC(=O)N(Cc1ccccc1)Cc1cccc2c1CC[C@H]1[C@H]2c2cc(O)c(Cl)cc2CCN1C.COc1cc2c(cc1Cl)CCN(C)[C@H]1CCc3c(CNCc4ccccc4)cccc3[C@H]21. The number of phenolic OH excluding ortho intramolecular Hbond substituents is 1. The van der Waals surface area contributed by atoms with E-state index < -0.39 is 0 Å². The molecule has 3 N–H and O–H groups in total. The van der Waals surface area contributed by atoms with Crippen molar-refractivity contribution in [3.63, 3.8) is 0 Å². The second-order valence-electron chi connectivity index (χ2n) is 21.1. The molecular weight excluding hydrogens is 976 g/mol. The van der Waals surface area contributed by atoms with E-state index in [0.29, 0.717) is 41.1 Å². The number of nitrogens with zero attached hydrogens (tertiary/aromatic N) is 4. The highest BCUT2D eigenvalue weighted by molar-refractivity contribution is 6.32. The highest BCUT2D eigenvalue weighted by Gasteiger charge is 2.39. The van der Waals surface area contributed by atoms with Crippen LogP contribution in [-0.4, -0.2) is 90.4 Å². The van der Waals surface area contributed by atoms with E-state index in [1.807, 2.05) is 62.9 Å². The molecule has 0 saturated heterocycles. The van der Waals surface area contributed by atoms with Gasteiger partial charge < -0.3 is 35.2 Å². The minimum absolute atomic E-state index is 0.0516. The van der Waals surface area contributed by atoms with E-state index in [0.717, 1.165) is 69.6 Å². The molecule has 0 spiro atoms. The van der Waals surface area contributed by atoms with E-state index in [1.165, 1.54) is 73.7 Å². The zero-order valence-corrected chi connectivity index (χ0v) is 46.2. The number of hydrogen-bond donors (Lipinski definition) is 3. The van der Waals surface area contributed by atoms with Crippen LogP contribution in [0.2, 0.25) is 10.0 Å². The van der Waals surface area contributed by atoms with Gasteiger partial charge in [0.15, 0.2) is 0 Å². The average Bonchev–Trinajstić information content (AvgIpc) is 3.63. The third-order valence-corrected chi connectivity index (χ3v) is 16.0. The molecular formula is C63H74Cl2N6O4. The summed E-state index contributed by atoms with van der Waals surface area (Å²) in [5.41, 5.74) is 15.8. The summed E-state index contributed by atoms with van der Waals surface area (Å²) in [6.07, 6.45) is 7.68. The van der Waals surface area contributed by atoms with Crippen molar-refractivity contribution in [1.82, 2.24) is 25.3 Å². The Hall–Kier alpha value is -5.97. The van der Waals surface area contributed by atoms with Gasteiger partial charge >= 0.3 is 6.03 Å². The van der Waals surface area contributed by atoms with Crippen LogP contribution in [0.4, 0.5) is 4.79 Å². The number of amides is 2. The standard InChI is InChI=1S/C31H36ClN3O2.C28H31ClN2O.C4H7NO/c1-20(2)33-31(37)35(18-21-8-5-4-6-9-21)19-23-10-7-11-25-24(23)12-13-28-30(25)26-17-29(36)27(32)16-22(26)14-15-34(28)3;1-31-14-13-20-15-25(29)27(32-2)16-24(20)28-23-10-6-9-21(22(23)11-12-26(28)31)18-30-17-19-7-4-3-5-8-19;1-4(2)5-3-6/h4-11,16-17,20,28,30,36H,12-15,18-19H2,1-3H3,(H,33,37);3-10,15-16,26,28,30H,11-14,17-18H2,1-2H3;4H,1-2H3/t28-,30+;26-,28+;/m00./s1. The van der Waals surface area contributed by atoms with Crippen LogP contribution >= 0.6 is 23.2 Å². The number of ether oxygens (including phenoxy) is 1. The fraction of sp³-hybridized carbons (Fsp3) is 0.397. The Morgan fingerprint density at radius 2 is 1.24 bits per heavy atom. The Balaban J connectivity index is 0.000000181. The highest BCUT2D eigenvalue weighted by Crippen LogP contribution is 2.47. The van der Waals surface area contributed by atoms with Crippen molar-refractivity contribution in [2.45, 2.75) is 128 Å². The van der Waals surface area contributed by atoms with E-state index in [2.05, 4.69) is 131 Å². The monoisotopic (exact) mass is 1050 g/mol. The molecule has 75 heavy (non-hydrogen) atoms. The summed E-state index contributed by atoms with van der Waals surface area (Å²) < 4.78 is 5.61. The Morgan fingerprint density at radius 1 is 0.693 bits per heavy atom. The fourth-order valence-electron chi connectivity index (χ4n) is 11.8. The number of methoxy groups -OCH3 is 1. The van der Waals surface area contributed by atoms with Crippen LogP contribution in [0.15, 0.2) is 126 Å². The molecule has 2 aliphatic carbocycles. The Kier molecular flexibility index (Phi) is 18.9. The number of hydrogen-bond acceptors (Lipinski definition) is 8. The van der Waals surface area contributed by atoms with Crippen LogP contribution in [0, 0.1) is 0 Å². The second-order valence-corrected chi connectivity index (χ2v) is 21.9. The topological polar surface area (TPSA) is 110 Å². The lowest BCUT2D eigenvalue weighted by Gasteiger charge is -2.39. The number of benzene rings is 6. The summed E-state index contributed by atoms with van der Waals surface area (Å²) in [6, 6.07) is 43.3. The molecule has 394 valence electrons. The number of aromatic hydroxyl groups is 1. The van der Waals surface area contributed by atoms with Gasteiger partial charge in [-0.2, -0.15) is 0 Å². The van der Waals surface area contributed by atoms with Gasteiger partial charge in [0.25, 0.3) is 0 Å². The number of isocyanates is 1. The van der Waals surface area contributed by atoms with Crippen LogP contribution in [0.1, 0.15) is 119 Å². The minimum Gasteiger partial charge on any atom is -0.506 e. The molecule has 4 atom stereocenters. The van der Waals surface area contributed by atoms with Gasteiger partial charge in [0, 0.05) is 69.2 Å². The summed E-state index contributed by atoms with van der Waals surface area (Å²) in [5.74, 6) is 1.43. The van der Waals surface area contributed by atoms with Crippen molar-refractivity contribution >= 4 is 35.3 Å². The third-order valence-electron chi connectivity index (χ3n) is 15.4. The number of carbonyl (C=O) groups is 1. The number of halogens is 2. The molecule has 10 rings (SSSR count). The number of nitrogens with one attached hydrogen (secondary N) is 2. The van der Waals surface area contributed by atoms with E-state index >= 15 is 0 Å². The number of rotatable bonds is 11. The maximum Gasteiger partial charge on any atom is 0.318 e. The van der Waals surface area contributed by atoms with Gasteiger partial charge in [-0.15, -0.1) is 0 Å². The smallest absolute Gasteiger partial charge is 0.318 e. The molecule has 0 saturated carbocycles. The van der Waals surface area contributed by atoms with E-state index in [-0.39, 0.29) is 29.8 Å². The molecule has 0 bridgehead atoms. The van der Waals surface area contributed by atoms with Crippen LogP contribution in [0.25, 0.3) is 0 Å². The molecule has 2 aliphatic heterocycles. The average molecular weight is 1050 g/mol. The molecule has 0 aromatic heterocycles. The normalized spacial score (nSPS) is 18.5. The molecule has 10 nitrogen and oxygen atoms in total. The first-order chi connectivity index (χ1) is 36.2. The summed E-state index contributed by atoms with van der Waals surface area (Å²) >= 11 is 12.8. The second kappa shape index (κ2) is 25.7. The summed E-state index contributed by atoms with van der Waals surface area (Å²) in [7, 11) is 6.19. The van der Waals surface area contributed by atoms with Gasteiger partial charge in [0.05, 0.1) is 23.2 Å². The van der Waals surface area contributed by atoms with Gasteiger partial charge in [-0.25, -0.2) is 14.6 Å². The molecule has 0 fully saturated rings. The largest absolute Gasteiger partial charge is 0.506 e. The Morgan fingerprint density at radius 3 is 1.79 bits per heavy atom.